The Bertz CT molecular complexity index is 720. The van der Waals surface area contributed by atoms with Crippen LogP contribution in [-0.2, 0) is 6.54 Å². The monoisotopic (exact) mass is 256 g/mol. The van der Waals surface area contributed by atoms with E-state index in [4.69, 9.17) is 0 Å². The lowest BCUT2D eigenvalue weighted by Gasteiger charge is -2.09. The van der Waals surface area contributed by atoms with E-state index in [0.717, 1.165) is 17.0 Å². The van der Waals surface area contributed by atoms with Crippen LogP contribution in [0.25, 0.3) is 5.65 Å². The Morgan fingerprint density at radius 2 is 2.11 bits per heavy atom. The first-order valence-corrected chi connectivity index (χ1v) is 6.02. The Kier molecular flexibility index (Phi) is 2.87. The summed E-state index contributed by atoms with van der Waals surface area (Å²) in [7, 11) is 0. The molecule has 0 radical (unpaired) electrons. The summed E-state index contributed by atoms with van der Waals surface area (Å²) in [5.74, 6) is 0.591. The number of hydrogen-bond acceptors (Lipinski definition) is 3. The fourth-order valence-electron chi connectivity index (χ4n) is 2.01. The van der Waals surface area contributed by atoms with Gasteiger partial charge in [-0.05, 0) is 30.7 Å². The molecule has 0 atom stereocenters. The van der Waals surface area contributed by atoms with Gasteiger partial charge in [0.1, 0.15) is 18.0 Å². The molecule has 0 aliphatic heterocycles. The van der Waals surface area contributed by atoms with Crippen molar-refractivity contribution < 1.29 is 4.39 Å². The number of nitrogens with one attached hydrogen (secondary N) is 1. The van der Waals surface area contributed by atoms with Crippen molar-refractivity contribution in [2.24, 2.45) is 0 Å². The number of halogens is 1. The van der Waals surface area contributed by atoms with Gasteiger partial charge in [0.05, 0.1) is 0 Å². The van der Waals surface area contributed by atoms with Crippen LogP contribution in [0.5, 0.6) is 0 Å². The molecule has 0 amide bonds. The van der Waals surface area contributed by atoms with Crippen molar-refractivity contribution in [2.75, 3.05) is 5.32 Å². The van der Waals surface area contributed by atoms with Crippen molar-refractivity contribution in [2.45, 2.75) is 13.5 Å². The van der Waals surface area contributed by atoms with Crippen molar-refractivity contribution in [1.29, 1.82) is 0 Å². The lowest BCUT2D eigenvalue weighted by Crippen LogP contribution is -2.06. The third-order valence-corrected chi connectivity index (χ3v) is 2.94. The number of benzene rings is 1. The van der Waals surface area contributed by atoms with E-state index >= 15 is 0 Å². The molecule has 4 nitrogen and oxygen atoms in total. The molecule has 19 heavy (non-hydrogen) atoms. The van der Waals surface area contributed by atoms with Crippen LogP contribution >= 0.6 is 0 Å². The maximum Gasteiger partial charge on any atom is 0.157 e. The summed E-state index contributed by atoms with van der Waals surface area (Å²) in [5.41, 5.74) is 2.48. The van der Waals surface area contributed by atoms with Gasteiger partial charge in [-0.2, -0.15) is 9.61 Å². The van der Waals surface area contributed by atoms with Crippen molar-refractivity contribution in [3.8, 4) is 0 Å². The minimum Gasteiger partial charge on any atom is -0.366 e. The van der Waals surface area contributed by atoms with E-state index in [-0.39, 0.29) is 5.82 Å². The molecule has 0 saturated carbocycles. The number of rotatable bonds is 3. The topological polar surface area (TPSA) is 42.2 Å². The predicted molar refractivity (Wildman–Crippen MR) is 71.5 cm³/mol. The van der Waals surface area contributed by atoms with Gasteiger partial charge in [0, 0.05) is 12.1 Å². The van der Waals surface area contributed by atoms with Gasteiger partial charge >= 0.3 is 0 Å². The summed E-state index contributed by atoms with van der Waals surface area (Å²) < 4.78 is 15.3. The quantitative estimate of drug-likeness (QED) is 0.783. The first kappa shape index (κ1) is 11.6. The Labute approximate surface area is 109 Å². The Morgan fingerprint density at radius 1 is 1.26 bits per heavy atom. The molecule has 2 aromatic heterocycles. The van der Waals surface area contributed by atoms with E-state index in [1.54, 1.807) is 16.6 Å². The summed E-state index contributed by atoms with van der Waals surface area (Å²) in [6, 6.07) is 10.6. The van der Waals surface area contributed by atoms with Crippen LogP contribution in [0.1, 0.15) is 11.1 Å². The number of pyridine rings is 1. The number of aromatic nitrogens is 3. The first-order chi connectivity index (χ1) is 9.24. The molecule has 0 aliphatic rings. The van der Waals surface area contributed by atoms with Crippen LogP contribution in [0, 0.1) is 12.7 Å². The third kappa shape index (κ3) is 2.27. The number of fused-ring (bicyclic) bond motifs is 1. The standard InChI is InChI=1S/C14H13FN4/c1-10-6-13(19-14(7-10)17-9-18-19)16-8-11-4-2-3-5-12(11)15/h2-7,9,16H,8H2,1H3. The van der Waals surface area contributed by atoms with Crippen molar-refractivity contribution >= 4 is 11.5 Å². The maximum absolute atomic E-state index is 13.6. The van der Waals surface area contributed by atoms with Gasteiger partial charge in [-0.1, -0.05) is 18.2 Å². The first-order valence-electron chi connectivity index (χ1n) is 6.02. The van der Waals surface area contributed by atoms with E-state index in [9.17, 15) is 4.39 Å². The molecule has 1 N–H and O–H groups in total. The zero-order valence-electron chi connectivity index (χ0n) is 10.5. The van der Waals surface area contributed by atoms with Crippen LogP contribution in [-0.4, -0.2) is 14.6 Å². The molecule has 0 bridgehead atoms. The molecule has 3 rings (SSSR count). The highest BCUT2D eigenvalue weighted by Crippen LogP contribution is 2.15. The van der Waals surface area contributed by atoms with E-state index < -0.39 is 0 Å². The summed E-state index contributed by atoms with van der Waals surface area (Å²) in [4.78, 5) is 4.15. The van der Waals surface area contributed by atoms with Crippen LogP contribution in [0.4, 0.5) is 10.2 Å². The van der Waals surface area contributed by atoms with Crippen molar-refractivity contribution in [3.63, 3.8) is 0 Å². The van der Waals surface area contributed by atoms with E-state index in [1.807, 2.05) is 25.1 Å². The van der Waals surface area contributed by atoms with Gasteiger partial charge in [0.2, 0.25) is 0 Å². The van der Waals surface area contributed by atoms with Gasteiger partial charge in [0.15, 0.2) is 5.65 Å². The molecule has 0 spiro atoms. The zero-order chi connectivity index (χ0) is 13.2. The molecule has 0 fully saturated rings. The van der Waals surface area contributed by atoms with E-state index in [0.29, 0.717) is 12.1 Å². The normalized spacial score (nSPS) is 10.8. The van der Waals surface area contributed by atoms with Crippen molar-refractivity contribution in [3.05, 3.63) is 59.7 Å². The number of hydrogen-bond donors (Lipinski definition) is 1. The average molecular weight is 256 g/mol. The van der Waals surface area contributed by atoms with Crippen LogP contribution in [0.3, 0.4) is 0 Å². The van der Waals surface area contributed by atoms with Gasteiger partial charge < -0.3 is 5.32 Å². The Balaban J connectivity index is 1.90. The number of anilines is 1. The van der Waals surface area contributed by atoms with Crippen molar-refractivity contribution in [1.82, 2.24) is 14.6 Å². The fraction of sp³-hybridized carbons (Fsp3) is 0.143. The Morgan fingerprint density at radius 3 is 2.95 bits per heavy atom. The van der Waals surface area contributed by atoms with Gasteiger partial charge in [-0.3, -0.25) is 0 Å². The SMILES string of the molecule is Cc1cc(NCc2ccccc2F)n2ncnc2c1. The summed E-state index contributed by atoms with van der Waals surface area (Å²) in [6.45, 7) is 2.40. The van der Waals surface area contributed by atoms with Gasteiger partial charge in [0.25, 0.3) is 0 Å². The molecular formula is C14H13FN4. The van der Waals surface area contributed by atoms with E-state index in [1.165, 1.54) is 12.4 Å². The second-order valence-electron chi connectivity index (χ2n) is 4.39. The summed E-state index contributed by atoms with van der Waals surface area (Å²) in [5, 5.41) is 7.34. The second-order valence-corrected chi connectivity index (χ2v) is 4.39. The number of aryl methyl sites for hydroxylation is 1. The molecule has 5 heteroatoms. The zero-order valence-corrected chi connectivity index (χ0v) is 10.5. The third-order valence-electron chi connectivity index (χ3n) is 2.94. The lowest BCUT2D eigenvalue weighted by molar-refractivity contribution is 0.612. The fourth-order valence-corrected chi connectivity index (χ4v) is 2.01. The highest BCUT2D eigenvalue weighted by Gasteiger charge is 2.05. The van der Waals surface area contributed by atoms with Gasteiger partial charge in [-0.15, -0.1) is 0 Å². The summed E-state index contributed by atoms with van der Waals surface area (Å²) in [6.07, 6.45) is 1.50. The molecule has 0 unspecified atom stereocenters. The highest BCUT2D eigenvalue weighted by atomic mass is 19.1. The molecule has 0 aliphatic carbocycles. The van der Waals surface area contributed by atoms with Crippen LogP contribution in [0.2, 0.25) is 0 Å². The van der Waals surface area contributed by atoms with E-state index in [2.05, 4.69) is 15.4 Å². The second kappa shape index (κ2) is 4.68. The molecule has 1 aromatic carbocycles. The lowest BCUT2D eigenvalue weighted by atomic mass is 10.2. The molecule has 2 heterocycles. The van der Waals surface area contributed by atoms with Crippen LogP contribution < -0.4 is 5.32 Å². The maximum atomic E-state index is 13.6. The Hall–Kier alpha value is -2.43. The smallest absolute Gasteiger partial charge is 0.157 e. The average Bonchev–Trinajstić information content (AvgIpc) is 2.85. The largest absolute Gasteiger partial charge is 0.366 e. The predicted octanol–water partition coefficient (Wildman–Crippen LogP) is 2.79. The van der Waals surface area contributed by atoms with Crippen LogP contribution in [0.15, 0.2) is 42.7 Å². The number of nitrogens with zero attached hydrogens (tertiary/aromatic N) is 3. The minimum atomic E-state index is -0.211. The molecule has 0 saturated heterocycles. The van der Waals surface area contributed by atoms with Gasteiger partial charge in [-0.25, -0.2) is 9.37 Å². The minimum absolute atomic E-state index is 0.211. The summed E-state index contributed by atoms with van der Waals surface area (Å²) >= 11 is 0. The highest BCUT2D eigenvalue weighted by molar-refractivity contribution is 5.51. The molecular weight excluding hydrogens is 243 g/mol. The molecule has 96 valence electrons. The molecule has 3 aromatic rings.